The molecule has 1 aliphatic carbocycles. The molecule has 1 saturated carbocycles. The summed E-state index contributed by atoms with van der Waals surface area (Å²) in [6.07, 6.45) is 5.55. The second-order valence-corrected chi connectivity index (χ2v) is 6.07. The Hall–Kier alpha value is -1.35. The average molecular weight is 274 g/mol. The standard InChI is InChI=1S/C17H26N2O/c1-13-6-8-16(9-7-13)19(2)17(20)15-5-3-4-14(12-15)10-11-18/h3-5,12-13,16H,6-11,18H2,1-2H3. The molecule has 1 aromatic carbocycles. The Bertz CT molecular complexity index is 450. The molecule has 20 heavy (non-hydrogen) atoms. The highest BCUT2D eigenvalue weighted by atomic mass is 16.2. The van der Waals surface area contributed by atoms with Gasteiger partial charge in [0.25, 0.3) is 5.91 Å². The fraction of sp³-hybridized carbons (Fsp3) is 0.588. The molecule has 0 atom stereocenters. The van der Waals surface area contributed by atoms with Crippen LogP contribution in [-0.4, -0.2) is 30.4 Å². The van der Waals surface area contributed by atoms with E-state index in [1.165, 1.54) is 12.8 Å². The largest absolute Gasteiger partial charge is 0.339 e. The molecule has 0 radical (unpaired) electrons. The van der Waals surface area contributed by atoms with E-state index in [2.05, 4.69) is 6.92 Å². The number of nitrogens with two attached hydrogens (primary N) is 1. The van der Waals surface area contributed by atoms with Crippen LogP contribution in [-0.2, 0) is 6.42 Å². The number of hydrogen-bond acceptors (Lipinski definition) is 2. The van der Waals surface area contributed by atoms with Gasteiger partial charge in [-0.2, -0.15) is 0 Å². The topological polar surface area (TPSA) is 46.3 Å². The Morgan fingerprint density at radius 1 is 1.30 bits per heavy atom. The third-order valence-corrected chi connectivity index (χ3v) is 4.46. The van der Waals surface area contributed by atoms with E-state index in [-0.39, 0.29) is 5.91 Å². The Morgan fingerprint density at radius 2 is 2.00 bits per heavy atom. The summed E-state index contributed by atoms with van der Waals surface area (Å²) in [4.78, 5) is 14.5. The molecule has 2 N–H and O–H groups in total. The Morgan fingerprint density at radius 3 is 2.65 bits per heavy atom. The number of carbonyl (C=O) groups is 1. The minimum atomic E-state index is 0.142. The van der Waals surface area contributed by atoms with E-state index in [1.54, 1.807) is 0 Å². The van der Waals surface area contributed by atoms with Crippen LogP contribution in [0.25, 0.3) is 0 Å². The van der Waals surface area contributed by atoms with E-state index in [0.29, 0.717) is 12.6 Å². The van der Waals surface area contributed by atoms with Crippen LogP contribution in [0.1, 0.15) is 48.5 Å². The van der Waals surface area contributed by atoms with Crippen LogP contribution < -0.4 is 5.73 Å². The molecule has 0 unspecified atom stereocenters. The lowest BCUT2D eigenvalue weighted by molar-refractivity contribution is 0.0679. The number of carbonyl (C=O) groups excluding carboxylic acids is 1. The average Bonchev–Trinajstić information content (AvgIpc) is 2.47. The van der Waals surface area contributed by atoms with Gasteiger partial charge >= 0.3 is 0 Å². The molecule has 0 aromatic heterocycles. The van der Waals surface area contributed by atoms with Gasteiger partial charge < -0.3 is 10.6 Å². The van der Waals surface area contributed by atoms with Gasteiger partial charge in [0.2, 0.25) is 0 Å². The van der Waals surface area contributed by atoms with Crippen LogP contribution in [0.4, 0.5) is 0 Å². The summed E-state index contributed by atoms with van der Waals surface area (Å²) in [6.45, 7) is 2.92. The quantitative estimate of drug-likeness (QED) is 0.917. The van der Waals surface area contributed by atoms with E-state index in [0.717, 1.165) is 36.3 Å². The highest BCUT2D eigenvalue weighted by Gasteiger charge is 2.25. The van der Waals surface area contributed by atoms with Crippen molar-refractivity contribution >= 4 is 5.91 Å². The van der Waals surface area contributed by atoms with Gasteiger partial charge in [-0.3, -0.25) is 4.79 Å². The van der Waals surface area contributed by atoms with E-state index < -0.39 is 0 Å². The van der Waals surface area contributed by atoms with E-state index in [9.17, 15) is 4.79 Å². The molecule has 1 aliphatic rings. The summed E-state index contributed by atoms with van der Waals surface area (Å²) in [7, 11) is 1.94. The van der Waals surface area contributed by atoms with Gasteiger partial charge in [0.15, 0.2) is 0 Å². The summed E-state index contributed by atoms with van der Waals surface area (Å²) in [5.74, 6) is 0.950. The van der Waals surface area contributed by atoms with Crippen LogP contribution >= 0.6 is 0 Å². The minimum absolute atomic E-state index is 0.142. The summed E-state index contributed by atoms with van der Waals surface area (Å²) < 4.78 is 0. The highest BCUT2D eigenvalue weighted by Crippen LogP contribution is 2.27. The second kappa shape index (κ2) is 6.89. The molecule has 0 heterocycles. The first-order valence-electron chi connectivity index (χ1n) is 7.68. The van der Waals surface area contributed by atoms with E-state index in [1.807, 2.05) is 36.2 Å². The van der Waals surface area contributed by atoms with Crippen LogP contribution in [0, 0.1) is 5.92 Å². The molecule has 1 amide bonds. The van der Waals surface area contributed by atoms with Gasteiger partial charge in [-0.05, 0) is 62.3 Å². The fourth-order valence-corrected chi connectivity index (χ4v) is 3.03. The lowest BCUT2D eigenvalue weighted by atomic mass is 9.86. The van der Waals surface area contributed by atoms with Crippen molar-refractivity contribution in [3.63, 3.8) is 0 Å². The van der Waals surface area contributed by atoms with Gasteiger partial charge in [0, 0.05) is 18.7 Å². The maximum Gasteiger partial charge on any atom is 0.253 e. The Balaban J connectivity index is 2.04. The van der Waals surface area contributed by atoms with Crippen molar-refractivity contribution < 1.29 is 4.79 Å². The summed E-state index contributed by atoms with van der Waals surface area (Å²) >= 11 is 0. The summed E-state index contributed by atoms with van der Waals surface area (Å²) in [5, 5.41) is 0. The van der Waals surface area contributed by atoms with Crippen molar-refractivity contribution in [1.82, 2.24) is 4.90 Å². The first kappa shape index (κ1) is 15.0. The molecule has 0 aliphatic heterocycles. The monoisotopic (exact) mass is 274 g/mol. The first-order valence-corrected chi connectivity index (χ1v) is 7.68. The van der Waals surface area contributed by atoms with Crippen molar-refractivity contribution in [3.8, 4) is 0 Å². The number of rotatable bonds is 4. The van der Waals surface area contributed by atoms with Crippen molar-refractivity contribution in [2.75, 3.05) is 13.6 Å². The van der Waals surface area contributed by atoms with E-state index in [4.69, 9.17) is 5.73 Å². The molecule has 1 aromatic rings. The third kappa shape index (κ3) is 3.60. The van der Waals surface area contributed by atoms with Crippen molar-refractivity contribution in [1.29, 1.82) is 0 Å². The molecule has 0 spiro atoms. The van der Waals surface area contributed by atoms with E-state index >= 15 is 0 Å². The third-order valence-electron chi connectivity index (χ3n) is 4.46. The fourth-order valence-electron chi connectivity index (χ4n) is 3.03. The molecule has 1 fully saturated rings. The molecule has 3 nitrogen and oxygen atoms in total. The summed E-state index contributed by atoms with van der Waals surface area (Å²) in [5.41, 5.74) is 7.51. The van der Waals surface area contributed by atoms with Crippen LogP contribution in [0.5, 0.6) is 0 Å². The molecular formula is C17H26N2O. The smallest absolute Gasteiger partial charge is 0.253 e. The first-order chi connectivity index (χ1) is 9.61. The lowest BCUT2D eigenvalue weighted by Gasteiger charge is -2.33. The van der Waals surface area contributed by atoms with Crippen molar-refractivity contribution in [2.45, 2.75) is 45.1 Å². The van der Waals surface area contributed by atoms with Gasteiger partial charge in [-0.1, -0.05) is 19.1 Å². The Labute approximate surface area is 122 Å². The zero-order valence-electron chi connectivity index (χ0n) is 12.6. The van der Waals surface area contributed by atoms with Crippen LogP contribution in [0.15, 0.2) is 24.3 Å². The number of benzene rings is 1. The van der Waals surface area contributed by atoms with Crippen LogP contribution in [0.2, 0.25) is 0 Å². The van der Waals surface area contributed by atoms with Gasteiger partial charge in [-0.25, -0.2) is 0 Å². The number of amides is 1. The zero-order chi connectivity index (χ0) is 14.5. The predicted molar refractivity (Wildman–Crippen MR) is 82.7 cm³/mol. The minimum Gasteiger partial charge on any atom is -0.339 e. The van der Waals surface area contributed by atoms with Gasteiger partial charge in [0.1, 0.15) is 0 Å². The predicted octanol–water partition coefficient (Wildman–Crippen LogP) is 2.84. The lowest BCUT2D eigenvalue weighted by Crippen LogP contribution is -2.39. The Kier molecular flexibility index (Phi) is 5.18. The van der Waals surface area contributed by atoms with Gasteiger partial charge in [-0.15, -0.1) is 0 Å². The molecule has 0 saturated heterocycles. The molecule has 0 bridgehead atoms. The molecule has 110 valence electrons. The maximum absolute atomic E-state index is 12.6. The second-order valence-electron chi connectivity index (χ2n) is 6.07. The van der Waals surface area contributed by atoms with Crippen molar-refractivity contribution in [2.24, 2.45) is 11.7 Å². The maximum atomic E-state index is 12.6. The van der Waals surface area contributed by atoms with Crippen molar-refractivity contribution in [3.05, 3.63) is 35.4 Å². The summed E-state index contributed by atoms with van der Waals surface area (Å²) in [6, 6.07) is 8.28. The van der Waals surface area contributed by atoms with Gasteiger partial charge in [0.05, 0.1) is 0 Å². The van der Waals surface area contributed by atoms with Crippen LogP contribution in [0.3, 0.4) is 0 Å². The normalized spacial score (nSPS) is 22.6. The molecular weight excluding hydrogens is 248 g/mol. The molecule has 2 rings (SSSR count). The zero-order valence-corrected chi connectivity index (χ0v) is 12.6. The number of hydrogen-bond donors (Lipinski definition) is 1. The SMILES string of the molecule is CC1CCC(N(C)C(=O)c2cccc(CCN)c2)CC1. The highest BCUT2D eigenvalue weighted by molar-refractivity contribution is 5.94. The molecule has 3 heteroatoms. The number of nitrogens with zero attached hydrogens (tertiary/aromatic N) is 1.